The Kier molecular flexibility index (Phi) is 4.12. The van der Waals surface area contributed by atoms with E-state index in [-0.39, 0.29) is 13.0 Å². The Labute approximate surface area is 115 Å². The molecule has 1 N–H and O–H groups in total. The predicted molar refractivity (Wildman–Crippen MR) is 67.0 cm³/mol. The summed E-state index contributed by atoms with van der Waals surface area (Å²) in [6, 6.07) is 5.40. The summed E-state index contributed by atoms with van der Waals surface area (Å²) in [6.45, 7) is 1.78. The zero-order valence-corrected chi connectivity index (χ0v) is 10.9. The summed E-state index contributed by atoms with van der Waals surface area (Å²) in [5.41, 5.74) is 0.563. The van der Waals surface area contributed by atoms with Crippen molar-refractivity contribution in [3.8, 4) is 0 Å². The third-order valence-corrected chi connectivity index (χ3v) is 3.19. The SMILES string of the molecule is CCOC(=O)[C@H]1C(=O)NC(=O)C[C@@H]1c1ccc(F)cc1. The summed E-state index contributed by atoms with van der Waals surface area (Å²) < 4.78 is 17.8. The molecule has 1 aliphatic rings. The van der Waals surface area contributed by atoms with Gasteiger partial charge in [-0.3, -0.25) is 19.7 Å². The van der Waals surface area contributed by atoms with E-state index in [4.69, 9.17) is 4.74 Å². The number of piperidine rings is 1. The Morgan fingerprint density at radius 2 is 2.00 bits per heavy atom. The minimum atomic E-state index is -1.09. The van der Waals surface area contributed by atoms with Crippen LogP contribution in [0.4, 0.5) is 4.39 Å². The van der Waals surface area contributed by atoms with Crippen molar-refractivity contribution in [2.75, 3.05) is 6.61 Å². The number of carbonyl (C=O) groups is 3. The monoisotopic (exact) mass is 279 g/mol. The maximum atomic E-state index is 12.9. The highest BCUT2D eigenvalue weighted by Gasteiger charge is 2.42. The lowest BCUT2D eigenvalue weighted by Crippen LogP contribution is -2.48. The molecule has 0 spiro atoms. The Bertz CT molecular complexity index is 541. The predicted octanol–water partition coefficient (Wildman–Crippen LogP) is 1.14. The summed E-state index contributed by atoms with van der Waals surface area (Å²) in [6.07, 6.45) is -0.0130. The van der Waals surface area contributed by atoms with Crippen LogP contribution in [0.2, 0.25) is 0 Å². The van der Waals surface area contributed by atoms with Gasteiger partial charge in [-0.25, -0.2) is 4.39 Å². The molecule has 2 atom stereocenters. The van der Waals surface area contributed by atoms with Crippen molar-refractivity contribution in [3.63, 3.8) is 0 Å². The first-order valence-corrected chi connectivity index (χ1v) is 6.28. The molecule has 0 aliphatic carbocycles. The van der Waals surface area contributed by atoms with Gasteiger partial charge < -0.3 is 4.74 Å². The lowest BCUT2D eigenvalue weighted by atomic mass is 9.80. The average Bonchev–Trinajstić information content (AvgIpc) is 2.38. The molecule has 2 amide bonds. The molecule has 1 aromatic rings. The Hall–Kier alpha value is -2.24. The van der Waals surface area contributed by atoms with Crippen molar-refractivity contribution in [2.45, 2.75) is 19.3 Å². The topological polar surface area (TPSA) is 72.5 Å². The number of benzene rings is 1. The van der Waals surface area contributed by atoms with E-state index in [1.807, 2.05) is 0 Å². The summed E-state index contributed by atoms with van der Waals surface area (Å²) >= 11 is 0. The zero-order valence-electron chi connectivity index (χ0n) is 10.9. The van der Waals surface area contributed by atoms with Gasteiger partial charge in [0.2, 0.25) is 11.8 Å². The Balaban J connectivity index is 2.33. The van der Waals surface area contributed by atoms with Gasteiger partial charge in [-0.15, -0.1) is 0 Å². The highest BCUT2D eigenvalue weighted by atomic mass is 19.1. The van der Waals surface area contributed by atoms with Crippen LogP contribution in [0.3, 0.4) is 0 Å². The molecular weight excluding hydrogens is 265 g/mol. The highest BCUT2D eigenvalue weighted by Crippen LogP contribution is 2.32. The second-order valence-electron chi connectivity index (χ2n) is 4.50. The Morgan fingerprint density at radius 1 is 1.35 bits per heavy atom. The van der Waals surface area contributed by atoms with Gasteiger partial charge in [0.05, 0.1) is 6.61 Å². The van der Waals surface area contributed by atoms with E-state index in [9.17, 15) is 18.8 Å². The second-order valence-corrected chi connectivity index (χ2v) is 4.50. The van der Waals surface area contributed by atoms with Gasteiger partial charge in [0.1, 0.15) is 11.7 Å². The average molecular weight is 279 g/mol. The normalized spacial score (nSPS) is 22.3. The number of hydrogen-bond acceptors (Lipinski definition) is 4. The maximum Gasteiger partial charge on any atom is 0.319 e. The summed E-state index contributed by atoms with van der Waals surface area (Å²) in [7, 11) is 0. The maximum absolute atomic E-state index is 12.9. The lowest BCUT2D eigenvalue weighted by Gasteiger charge is -2.28. The fourth-order valence-electron chi connectivity index (χ4n) is 2.29. The number of ether oxygens (including phenoxy) is 1. The molecule has 1 heterocycles. The van der Waals surface area contributed by atoms with Gasteiger partial charge in [-0.1, -0.05) is 12.1 Å². The van der Waals surface area contributed by atoms with Crippen LogP contribution < -0.4 is 5.32 Å². The van der Waals surface area contributed by atoms with Crippen LogP contribution in [0.5, 0.6) is 0 Å². The standard InChI is InChI=1S/C14H14FNO4/c1-2-20-14(19)12-10(7-11(17)16-13(12)18)8-3-5-9(15)6-4-8/h3-6,10,12H,2,7H2,1H3,(H,16,17,18)/t10-,12-/m1/s1. The molecule has 1 fully saturated rings. The van der Waals surface area contributed by atoms with Gasteiger partial charge in [0.15, 0.2) is 0 Å². The van der Waals surface area contributed by atoms with E-state index in [0.717, 1.165) is 0 Å². The van der Waals surface area contributed by atoms with Crippen LogP contribution in [-0.4, -0.2) is 24.4 Å². The molecule has 0 bridgehead atoms. The zero-order chi connectivity index (χ0) is 14.7. The number of nitrogens with one attached hydrogen (secondary N) is 1. The Morgan fingerprint density at radius 3 is 2.60 bits per heavy atom. The molecule has 0 radical (unpaired) electrons. The molecule has 106 valence electrons. The van der Waals surface area contributed by atoms with E-state index >= 15 is 0 Å². The molecule has 0 unspecified atom stereocenters. The van der Waals surface area contributed by atoms with Crippen LogP contribution in [0.1, 0.15) is 24.8 Å². The van der Waals surface area contributed by atoms with Crippen LogP contribution in [0, 0.1) is 11.7 Å². The van der Waals surface area contributed by atoms with Crippen molar-refractivity contribution in [3.05, 3.63) is 35.6 Å². The quantitative estimate of drug-likeness (QED) is 0.511. The third-order valence-electron chi connectivity index (χ3n) is 3.19. The fourth-order valence-corrected chi connectivity index (χ4v) is 2.29. The van der Waals surface area contributed by atoms with E-state index in [1.54, 1.807) is 6.92 Å². The molecule has 0 saturated carbocycles. The van der Waals surface area contributed by atoms with Gasteiger partial charge in [0, 0.05) is 12.3 Å². The summed E-state index contributed by atoms with van der Waals surface area (Å²) in [4.78, 5) is 35.3. The molecule has 5 nitrogen and oxygen atoms in total. The summed E-state index contributed by atoms with van der Waals surface area (Å²) in [5, 5.41) is 2.13. The van der Waals surface area contributed by atoms with Crippen LogP contribution in [-0.2, 0) is 19.1 Å². The molecule has 1 aromatic carbocycles. The van der Waals surface area contributed by atoms with Crippen molar-refractivity contribution < 1.29 is 23.5 Å². The number of esters is 1. The van der Waals surface area contributed by atoms with E-state index in [0.29, 0.717) is 5.56 Å². The van der Waals surface area contributed by atoms with Gasteiger partial charge >= 0.3 is 5.97 Å². The van der Waals surface area contributed by atoms with Crippen LogP contribution in [0.25, 0.3) is 0 Å². The lowest BCUT2D eigenvalue weighted by molar-refractivity contribution is -0.155. The van der Waals surface area contributed by atoms with E-state index in [2.05, 4.69) is 5.32 Å². The molecule has 6 heteroatoms. The molecule has 0 aromatic heterocycles. The van der Waals surface area contributed by atoms with Crippen LogP contribution in [0.15, 0.2) is 24.3 Å². The molecule has 2 rings (SSSR count). The minimum absolute atomic E-state index is 0.0130. The van der Waals surface area contributed by atoms with Crippen LogP contribution >= 0.6 is 0 Å². The van der Waals surface area contributed by atoms with Crippen molar-refractivity contribution in [1.82, 2.24) is 5.32 Å². The fraction of sp³-hybridized carbons (Fsp3) is 0.357. The first-order chi connectivity index (χ1) is 9.52. The number of hydrogen-bond donors (Lipinski definition) is 1. The van der Waals surface area contributed by atoms with E-state index in [1.165, 1.54) is 24.3 Å². The number of imide groups is 1. The second kappa shape index (κ2) is 5.81. The van der Waals surface area contributed by atoms with Gasteiger partial charge in [-0.2, -0.15) is 0 Å². The van der Waals surface area contributed by atoms with Crippen molar-refractivity contribution in [1.29, 1.82) is 0 Å². The molecule has 1 saturated heterocycles. The van der Waals surface area contributed by atoms with Gasteiger partial charge in [-0.05, 0) is 24.6 Å². The molecular formula is C14H14FNO4. The van der Waals surface area contributed by atoms with E-state index < -0.39 is 35.4 Å². The third kappa shape index (κ3) is 2.84. The number of amides is 2. The molecule has 20 heavy (non-hydrogen) atoms. The van der Waals surface area contributed by atoms with Crippen molar-refractivity contribution in [2.24, 2.45) is 5.92 Å². The molecule has 1 aliphatic heterocycles. The number of halogens is 1. The first kappa shape index (κ1) is 14.2. The van der Waals surface area contributed by atoms with Crippen molar-refractivity contribution >= 4 is 17.8 Å². The summed E-state index contributed by atoms with van der Waals surface area (Å²) in [5.74, 6) is -3.94. The minimum Gasteiger partial charge on any atom is -0.465 e. The number of carbonyl (C=O) groups excluding carboxylic acids is 3. The smallest absolute Gasteiger partial charge is 0.319 e. The first-order valence-electron chi connectivity index (χ1n) is 6.28. The largest absolute Gasteiger partial charge is 0.465 e. The highest BCUT2D eigenvalue weighted by molar-refractivity contribution is 6.08. The number of rotatable bonds is 3. The van der Waals surface area contributed by atoms with Gasteiger partial charge in [0.25, 0.3) is 0 Å².